The first-order valence-electron chi connectivity index (χ1n) is 5.46. The van der Waals surface area contributed by atoms with E-state index in [0.29, 0.717) is 6.54 Å². The molecule has 2 N–H and O–H groups in total. The maximum atomic E-state index is 5.46. The van der Waals surface area contributed by atoms with Gasteiger partial charge in [0.2, 0.25) is 0 Å². The monoisotopic (exact) mass is 213 g/mol. The topological polar surface area (TPSA) is 51.8 Å². The van der Waals surface area contributed by atoms with Crippen molar-refractivity contribution in [2.24, 2.45) is 5.73 Å². The molecule has 0 aliphatic carbocycles. The highest BCUT2D eigenvalue weighted by atomic mass is 14.9. The van der Waals surface area contributed by atoms with Gasteiger partial charge in [-0.25, -0.2) is 9.97 Å². The Morgan fingerprint density at radius 1 is 1.00 bits per heavy atom. The van der Waals surface area contributed by atoms with E-state index in [9.17, 15) is 0 Å². The molecule has 1 heterocycles. The molecule has 0 amide bonds. The standard InChI is InChI=1S/C13H15N3/c14-8-4-5-11-9-15-13(16-10-11)12-6-2-1-3-7-12/h1-3,6-7,9-10H,4-5,8,14H2. The predicted octanol–water partition coefficient (Wildman–Crippen LogP) is 2.03. The first-order chi connectivity index (χ1) is 7.90. The largest absolute Gasteiger partial charge is 0.330 e. The average Bonchev–Trinajstić information content (AvgIpc) is 2.38. The van der Waals surface area contributed by atoms with Crippen molar-refractivity contribution in [3.63, 3.8) is 0 Å². The summed E-state index contributed by atoms with van der Waals surface area (Å²) in [6.07, 6.45) is 5.69. The molecule has 0 radical (unpaired) electrons. The van der Waals surface area contributed by atoms with E-state index < -0.39 is 0 Å². The van der Waals surface area contributed by atoms with Crippen molar-refractivity contribution in [3.8, 4) is 11.4 Å². The summed E-state index contributed by atoms with van der Waals surface area (Å²) in [5.74, 6) is 0.775. The van der Waals surface area contributed by atoms with Gasteiger partial charge in [0.25, 0.3) is 0 Å². The summed E-state index contributed by atoms with van der Waals surface area (Å²) in [7, 11) is 0. The van der Waals surface area contributed by atoms with Crippen LogP contribution in [-0.4, -0.2) is 16.5 Å². The first-order valence-corrected chi connectivity index (χ1v) is 5.46. The number of aromatic nitrogens is 2. The first kappa shape index (κ1) is 10.8. The molecule has 0 spiro atoms. The van der Waals surface area contributed by atoms with Crippen LogP contribution in [-0.2, 0) is 6.42 Å². The van der Waals surface area contributed by atoms with E-state index in [1.54, 1.807) is 0 Å². The van der Waals surface area contributed by atoms with Gasteiger partial charge in [-0.3, -0.25) is 0 Å². The van der Waals surface area contributed by atoms with Gasteiger partial charge < -0.3 is 5.73 Å². The normalized spacial score (nSPS) is 10.3. The van der Waals surface area contributed by atoms with Gasteiger partial charge in [-0.1, -0.05) is 30.3 Å². The van der Waals surface area contributed by atoms with Gasteiger partial charge in [-0.05, 0) is 24.9 Å². The van der Waals surface area contributed by atoms with Crippen LogP contribution in [0, 0.1) is 0 Å². The molecule has 0 saturated heterocycles. The lowest BCUT2D eigenvalue weighted by Crippen LogP contribution is -2.01. The molecule has 0 saturated carbocycles. The summed E-state index contributed by atoms with van der Waals surface area (Å²) in [6.45, 7) is 0.709. The summed E-state index contributed by atoms with van der Waals surface area (Å²) in [4.78, 5) is 8.70. The van der Waals surface area contributed by atoms with Crippen LogP contribution < -0.4 is 5.73 Å². The van der Waals surface area contributed by atoms with E-state index in [1.807, 2.05) is 42.7 Å². The molecule has 1 aromatic carbocycles. The molecule has 0 unspecified atom stereocenters. The van der Waals surface area contributed by atoms with Gasteiger partial charge in [-0.2, -0.15) is 0 Å². The summed E-state index contributed by atoms with van der Waals surface area (Å²) in [5, 5.41) is 0. The van der Waals surface area contributed by atoms with Crippen molar-refractivity contribution < 1.29 is 0 Å². The van der Waals surface area contributed by atoms with Crippen LogP contribution in [0.15, 0.2) is 42.7 Å². The van der Waals surface area contributed by atoms with Crippen molar-refractivity contribution >= 4 is 0 Å². The number of nitrogens with zero attached hydrogens (tertiary/aromatic N) is 2. The Hall–Kier alpha value is -1.74. The van der Waals surface area contributed by atoms with Gasteiger partial charge in [0.15, 0.2) is 5.82 Å². The molecule has 82 valence electrons. The van der Waals surface area contributed by atoms with Crippen LogP contribution in [0.1, 0.15) is 12.0 Å². The molecule has 16 heavy (non-hydrogen) atoms. The lowest BCUT2D eigenvalue weighted by Gasteiger charge is -2.01. The Morgan fingerprint density at radius 3 is 2.31 bits per heavy atom. The smallest absolute Gasteiger partial charge is 0.159 e. The summed E-state index contributed by atoms with van der Waals surface area (Å²) in [6, 6.07) is 9.98. The Kier molecular flexibility index (Phi) is 3.62. The second-order valence-electron chi connectivity index (χ2n) is 3.67. The van der Waals surface area contributed by atoms with Crippen molar-refractivity contribution in [3.05, 3.63) is 48.3 Å². The maximum absolute atomic E-state index is 5.46. The number of aryl methyl sites for hydroxylation is 1. The third-order valence-corrected chi connectivity index (χ3v) is 2.41. The van der Waals surface area contributed by atoms with Crippen LogP contribution in [0.4, 0.5) is 0 Å². The maximum Gasteiger partial charge on any atom is 0.159 e. The van der Waals surface area contributed by atoms with E-state index >= 15 is 0 Å². The Morgan fingerprint density at radius 2 is 1.69 bits per heavy atom. The highest BCUT2D eigenvalue weighted by Gasteiger charge is 1.99. The Bertz CT molecular complexity index is 423. The fourth-order valence-electron chi connectivity index (χ4n) is 1.53. The van der Waals surface area contributed by atoms with Crippen LogP contribution >= 0.6 is 0 Å². The van der Waals surface area contributed by atoms with E-state index in [1.165, 1.54) is 0 Å². The highest BCUT2D eigenvalue weighted by molar-refractivity contribution is 5.53. The number of benzene rings is 1. The van der Waals surface area contributed by atoms with Crippen molar-refractivity contribution in [1.29, 1.82) is 0 Å². The Balaban J connectivity index is 2.13. The lowest BCUT2D eigenvalue weighted by molar-refractivity contribution is 0.824. The van der Waals surface area contributed by atoms with Gasteiger partial charge >= 0.3 is 0 Å². The SMILES string of the molecule is NCCCc1cnc(-c2ccccc2)nc1. The van der Waals surface area contributed by atoms with Crippen LogP contribution in [0.25, 0.3) is 11.4 Å². The number of hydrogen-bond donors (Lipinski definition) is 1. The van der Waals surface area contributed by atoms with Gasteiger partial charge in [0.1, 0.15) is 0 Å². The minimum atomic E-state index is 0.709. The number of nitrogens with two attached hydrogens (primary N) is 1. The molecule has 0 aliphatic rings. The molecule has 0 aliphatic heterocycles. The van der Waals surface area contributed by atoms with Crippen molar-refractivity contribution in [2.75, 3.05) is 6.54 Å². The molecular weight excluding hydrogens is 198 g/mol. The molecule has 3 nitrogen and oxygen atoms in total. The molecule has 2 rings (SSSR count). The molecule has 2 aromatic rings. The zero-order valence-corrected chi connectivity index (χ0v) is 9.13. The fourth-order valence-corrected chi connectivity index (χ4v) is 1.53. The molecule has 0 bridgehead atoms. The van der Waals surface area contributed by atoms with Gasteiger partial charge in [-0.15, -0.1) is 0 Å². The summed E-state index contributed by atoms with van der Waals surface area (Å²) >= 11 is 0. The molecule has 0 atom stereocenters. The van der Waals surface area contributed by atoms with Crippen molar-refractivity contribution in [2.45, 2.75) is 12.8 Å². The van der Waals surface area contributed by atoms with Gasteiger partial charge in [0, 0.05) is 18.0 Å². The zero-order valence-electron chi connectivity index (χ0n) is 9.13. The minimum absolute atomic E-state index is 0.709. The van der Waals surface area contributed by atoms with Crippen LogP contribution in [0.2, 0.25) is 0 Å². The van der Waals surface area contributed by atoms with Crippen molar-refractivity contribution in [1.82, 2.24) is 9.97 Å². The average molecular weight is 213 g/mol. The summed E-state index contributed by atoms with van der Waals surface area (Å²) in [5.41, 5.74) is 7.65. The minimum Gasteiger partial charge on any atom is -0.330 e. The van der Waals surface area contributed by atoms with E-state index in [0.717, 1.165) is 29.8 Å². The molecular formula is C13H15N3. The second kappa shape index (κ2) is 5.37. The third kappa shape index (κ3) is 2.64. The van der Waals surface area contributed by atoms with E-state index in [4.69, 9.17) is 5.73 Å². The molecule has 1 aromatic heterocycles. The number of rotatable bonds is 4. The van der Waals surface area contributed by atoms with Crippen LogP contribution in [0.3, 0.4) is 0 Å². The predicted molar refractivity (Wildman–Crippen MR) is 64.8 cm³/mol. The Labute approximate surface area is 95.4 Å². The quantitative estimate of drug-likeness (QED) is 0.845. The van der Waals surface area contributed by atoms with E-state index in [2.05, 4.69) is 9.97 Å². The van der Waals surface area contributed by atoms with Gasteiger partial charge in [0.05, 0.1) is 0 Å². The third-order valence-electron chi connectivity index (χ3n) is 2.41. The summed E-state index contributed by atoms with van der Waals surface area (Å²) < 4.78 is 0. The molecule has 0 fully saturated rings. The second-order valence-corrected chi connectivity index (χ2v) is 3.67. The number of hydrogen-bond acceptors (Lipinski definition) is 3. The fraction of sp³-hybridized carbons (Fsp3) is 0.231. The van der Waals surface area contributed by atoms with Crippen LogP contribution in [0.5, 0.6) is 0 Å². The highest BCUT2D eigenvalue weighted by Crippen LogP contribution is 2.13. The van der Waals surface area contributed by atoms with E-state index in [-0.39, 0.29) is 0 Å². The lowest BCUT2D eigenvalue weighted by atomic mass is 10.2. The zero-order chi connectivity index (χ0) is 11.2. The molecule has 3 heteroatoms.